The smallest absolute Gasteiger partial charge is 0.306 e. The van der Waals surface area contributed by atoms with Crippen LogP contribution >= 0.6 is 0 Å². The van der Waals surface area contributed by atoms with E-state index in [-0.39, 0.29) is 12.1 Å². The standard InChI is InChI=1S/C20H40O2/c1-4-7-9-10-11-12-13-14-15-16-17-19(6-3)22-20(21)18-8-5-2/h19H,4-18H2,1-3H3. The number of esters is 1. The lowest BCUT2D eigenvalue weighted by molar-refractivity contribution is -0.149. The molecule has 0 aliphatic carbocycles. The summed E-state index contributed by atoms with van der Waals surface area (Å²) in [5.74, 6) is 0.000722. The second-order valence-electron chi connectivity index (χ2n) is 6.59. The normalized spacial score (nSPS) is 12.3. The second kappa shape index (κ2) is 16.8. The van der Waals surface area contributed by atoms with Crippen molar-refractivity contribution in [2.45, 2.75) is 123 Å². The third-order valence-corrected chi connectivity index (χ3v) is 4.37. The van der Waals surface area contributed by atoms with Crippen LogP contribution in [-0.2, 0) is 9.53 Å². The Morgan fingerprint density at radius 3 is 1.73 bits per heavy atom. The summed E-state index contributed by atoms with van der Waals surface area (Å²) in [7, 11) is 0. The van der Waals surface area contributed by atoms with Crippen LogP contribution in [-0.4, -0.2) is 12.1 Å². The summed E-state index contributed by atoms with van der Waals surface area (Å²) in [5, 5.41) is 0. The fraction of sp³-hybridized carbons (Fsp3) is 0.950. The molecule has 0 aromatic carbocycles. The molecule has 1 unspecified atom stereocenters. The maximum absolute atomic E-state index is 11.6. The van der Waals surface area contributed by atoms with Gasteiger partial charge in [0, 0.05) is 6.42 Å². The Kier molecular flexibility index (Phi) is 16.4. The molecule has 0 bridgehead atoms. The lowest BCUT2D eigenvalue weighted by Gasteiger charge is -2.16. The first-order valence-electron chi connectivity index (χ1n) is 9.94. The lowest BCUT2D eigenvalue weighted by atomic mass is 10.0. The van der Waals surface area contributed by atoms with E-state index in [0.29, 0.717) is 6.42 Å². The molecule has 0 saturated heterocycles. The summed E-state index contributed by atoms with van der Waals surface area (Å²) in [6.07, 6.45) is 18.3. The summed E-state index contributed by atoms with van der Waals surface area (Å²) < 4.78 is 5.55. The number of carbonyl (C=O) groups is 1. The van der Waals surface area contributed by atoms with Crippen molar-refractivity contribution in [3.05, 3.63) is 0 Å². The third kappa shape index (κ3) is 14.4. The maximum atomic E-state index is 11.6. The molecule has 1 atom stereocenters. The molecule has 0 saturated carbocycles. The van der Waals surface area contributed by atoms with Gasteiger partial charge in [-0.1, -0.05) is 85.0 Å². The van der Waals surface area contributed by atoms with Crippen molar-refractivity contribution < 1.29 is 9.53 Å². The number of carbonyl (C=O) groups excluding carboxylic acids is 1. The summed E-state index contributed by atoms with van der Waals surface area (Å²) in [6, 6.07) is 0. The van der Waals surface area contributed by atoms with Gasteiger partial charge in [-0.05, 0) is 25.7 Å². The number of rotatable bonds is 16. The van der Waals surface area contributed by atoms with Crippen LogP contribution in [0.4, 0.5) is 0 Å². The van der Waals surface area contributed by atoms with Gasteiger partial charge in [-0.3, -0.25) is 4.79 Å². The van der Waals surface area contributed by atoms with Crippen molar-refractivity contribution >= 4 is 5.97 Å². The predicted molar refractivity (Wildman–Crippen MR) is 96.2 cm³/mol. The van der Waals surface area contributed by atoms with E-state index in [1.54, 1.807) is 0 Å². The van der Waals surface area contributed by atoms with Crippen LogP contribution in [0.25, 0.3) is 0 Å². The predicted octanol–water partition coefficient (Wildman–Crippen LogP) is 6.81. The molecule has 2 nitrogen and oxygen atoms in total. The van der Waals surface area contributed by atoms with Crippen LogP contribution in [0, 0.1) is 0 Å². The van der Waals surface area contributed by atoms with E-state index < -0.39 is 0 Å². The molecular weight excluding hydrogens is 272 g/mol. The molecule has 0 radical (unpaired) electrons. The van der Waals surface area contributed by atoms with Crippen molar-refractivity contribution in [2.75, 3.05) is 0 Å². The van der Waals surface area contributed by atoms with Crippen LogP contribution in [0.1, 0.15) is 117 Å². The molecule has 0 heterocycles. The Morgan fingerprint density at radius 1 is 0.727 bits per heavy atom. The first-order valence-corrected chi connectivity index (χ1v) is 9.94. The molecule has 0 amide bonds. The monoisotopic (exact) mass is 312 g/mol. The Labute approximate surface area is 139 Å². The molecule has 0 N–H and O–H groups in total. The summed E-state index contributed by atoms with van der Waals surface area (Å²) in [5.41, 5.74) is 0. The van der Waals surface area contributed by atoms with Crippen molar-refractivity contribution in [3.8, 4) is 0 Å². The minimum absolute atomic E-state index is 0.000722. The van der Waals surface area contributed by atoms with Crippen LogP contribution < -0.4 is 0 Å². The molecular formula is C20H40O2. The molecule has 2 heteroatoms. The van der Waals surface area contributed by atoms with E-state index in [2.05, 4.69) is 20.8 Å². The van der Waals surface area contributed by atoms with E-state index in [4.69, 9.17) is 4.74 Å². The van der Waals surface area contributed by atoms with Crippen LogP contribution in [0.5, 0.6) is 0 Å². The van der Waals surface area contributed by atoms with E-state index in [0.717, 1.165) is 25.7 Å². The molecule has 22 heavy (non-hydrogen) atoms. The van der Waals surface area contributed by atoms with Crippen molar-refractivity contribution in [1.82, 2.24) is 0 Å². The zero-order chi connectivity index (χ0) is 16.5. The largest absolute Gasteiger partial charge is 0.462 e. The molecule has 0 fully saturated rings. The van der Waals surface area contributed by atoms with Gasteiger partial charge in [-0.25, -0.2) is 0 Å². The van der Waals surface area contributed by atoms with Gasteiger partial charge in [0.2, 0.25) is 0 Å². The molecule has 0 aromatic rings. The van der Waals surface area contributed by atoms with Gasteiger partial charge in [-0.15, -0.1) is 0 Å². The van der Waals surface area contributed by atoms with Gasteiger partial charge in [-0.2, -0.15) is 0 Å². The Balaban J connectivity index is 3.41. The first-order chi connectivity index (χ1) is 10.7. The third-order valence-electron chi connectivity index (χ3n) is 4.37. The molecule has 0 aromatic heterocycles. The average molecular weight is 313 g/mol. The number of ether oxygens (including phenoxy) is 1. The number of hydrogen-bond donors (Lipinski definition) is 0. The van der Waals surface area contributed by atoms with Gasteiger partial charge in [0.1, 0.15) is 6.10 Å². The highest BCUT2D eigenvalue weighted by molar-refractivity contribution is 5.69. The van der Waals surface area contributed by atoms with Crippen molar-refractivity contribution in [3.63, 3.8) is 0 Å². The first kappa shape index (κ1) is 21.5. The van der Waals surface area contributed by atoms with E-state index in [9.17, 15) is 4.79 Å². The van der Waals surface area contributed by atoms with Gasteiger partial charge in [0.15, 0.2) is 0 Å². The Hall–Kier alpha value is -0.530. The van der Waals surface area contributed by atoms with Crippen LogP contribution in [0.3, 0.4) is 0 Å². The van der Waals surface area contributed by atoms with Gasteiger partial charge >= 0.3 is 5.97 Å². The SMILES string of the molecule is CCCCCCCCCCCCC(CC)OC(=O)CCCC. The topological polar surface area (TPSA) is 26.3 Å². The average Bonchev–Trinajstić information content (AvgIpc) is 2.53. The van der Waals surface area contributed by atoms with E-state index in [1.807, 2.05) is 0 Å². The number of unbranched alkanes of at least 4 members (excludes halogenated alkanes) is 10. The van der Waals surface area contributed by atoms with Crippen LogP contribution in [0.15, 0.2) is 0 Å². The van der Waals surface area contributed by atoms with E-state index >= 15 is 0 Å². The summed E-state index contributed by atoms with van der Waals surface area (Å²) >= 11 is 0. The number of hydrogen-bond acceptors (Lipinski definition) is 2. The fourth-order valence-electron chi connectivity index (χ4n) is 2.77. The Morgan fingerprint density at radius 2 is 1.23 bits per heavy atom. The molecule has 132 valence electrons. The second-order valence-corrected chi connectivity index (χ2v) is 6.59. The van der Waals surface area contributed by atoms with Gasteiger partial charge in [0.25, 0.3) is 0 Å². The highest BCUT2D eigenvalue weighted by Crippen LogP contribution is 2.15. The van der Waals surface area contributed by atoms with Crippen molar-refractivity contribution in [1.29, 1.82) is 0 Å². The highest BCUT2D eigenvalue weighted by Gasteiger charge is 2.11. The maximum Gasteiger partial charge on any atom is 0.306 e. The minimum Gasteiger partial charge on any atom is -0.462 e. The quantitative estimate of drug-likeness (QED) is 0.231. The summed E-state index contributed by atoms with van der Waals surface area (Å²) in [6.45, 7) is 6.49. The van der Waals surface area contributed by atoms with Gasteiger partial charge < -0.3 is 4.74 Å². The molecule has 0 spiro atoms. The van der Waals surface area contributed by atoms with Crippen LogP contribution in [0.2, 0.25) is 0 Å². The molecule has 0 aliphatic heterocycles. The van der Waals surface area contributed by atoms with Crippen molar-refractivity contribution in [2.24, 2.45) is 0 Å². The fourth-order valence-corrected chi connectivity index (χ4v) is 2.77. The zero-order valence-corrected chi connectivity index (χ0v) is 15.5. The highest BCUT2D eigenvalue weighted by atomic mass is 16.5. The lowest BCUT2D eigenvalue weighted by Crippen LogP contribution is -2.17. The molecule has 0 rings (SSSR count). The zero-order valence-electron chi connectivity index (χ0n) is 15.5. The molecule has 0 aliphatic rings. The minimum atomic E-state index is 0.000722. The summed E-state index contributed by atoms with van der Waals surface area (Å²) in [4.78, 5) is 11.6. The van der Waals surface area contributed by atoms with E-state index in [1.165, 1.54) is 64.2 Å². The Bertz CT molecular complexity index is 238. The van der Waals surface area contributed by atoms with Gasteiger partial charge in [0.05, 0.1) is 0 Å².